The fraction of sp³-hybridized carbons (Fsp3) is 0.312. The molecule has 0 spiro atoms. The van der Waals surface area contributed by atoms with Gasteiger partial charge in [-0.15, -0.1) is 0 Å². The molecule has 1 atom stereocenters. The summed E-state index contributed by atoms with van der Waals surface area (Å²) >= 11 is 6.01. The number of nitrogens with zero attached hydrogens (tertiary/aromatic N) is 3. The van der Waals surface area contributed by atoms with Crippen molar-refractivity contribution in [2.75, 3.05) is 28.8 Å². The third-order valence-corrected chi connectivity index (χ3v) is 6.19. The predicted octanol–water partition coefficient (Wildman–Crippen LogP) is 2.01. The normalized spacial score (nSPS) is 18.7. The highest BCUT2D eigenvalue weighted by atomic mass is 35.5. The van der Waals surface area contributed by atoms with Crippen molar-refractivity contribution < 1.29 is 13.2 Å². The zero-order valence-electron chi connectivity index (χ0n) is 13.5. The van der Waals surface area contributed by atoms with Gasteiger partial charge in [0.15, 0.2) is 9.84 Å². The van der Waals surface area contributed by atoms with Gasteiger partial charge in [-0.3, -0.25) is 4.79 Å². The first-order valence-electron chi connectivity index (χ1n) is 7.67. The van der Waals surface area contributed by atoms with Crippen molar-refractivity contribution in [3.63, 3.8) is 0 Å². The molecule has 2 heterocycles. The van der Waals surface area contributed by atoms with E-state index in [-0.39, 0.29) is 23.2 Å². The number of para-hydroxylation sites is 1. The van der Waals surface area contributed by atoms with Gasteiger partial charge in [-0.1, -0.05) is 23.7 Å². The second-order valence-electron chi connectivity index (χ2n) is 5.86. The number of benzene rings is 1. The summed E-state index contributed by atoms with van der Waals surface area (Å²) in [5.74, 6) is 0.405. The summed E-state index contributed by atoms with van der Waals surface area (Å²) in [4.78, 5) is 22.4. The number of anilines is 2. The Bertz CT molecular complexity index is 887. The van der Waals surface area contributed by atoms with Gasteiger partial charge in [0.05, 0.1) is 34.6 Å². The molecule has 7 nitrogen and oxygen atoms in total. The number of aromatic nitrogens is 2. The van der Waals surface area contributed by atoms with Gasteiger partial charge >= 0.3 is 0 Å². The van der Waals surface area contributed by atoms with E-state index in [1.54, 1.807) is 36.2 Å². The number of halogens is 1. The highest BCUT2D eigenvalue weighted by Gasteiger charge is 2.31. The van der Waals surface area contributed by atoms with Crippen molar-refractivity contribution in [2.24, 2.45) is 0 Å². The molecule has 1 aromatic carbocycles. The summed E-state index contributed by atoms with van der Waals surface area (Å²) in [6.45, 7) is 0. The minimum Gasteiger partial charge on any atom is -0.354 e. The SMILES string of the molecule is CN(c1cnc(C(=O)Nc2ccccc2Cl)cn1)C1CCS(=O)(=O)C1. The van der Waals surface area contributed by atoms with Crippen LogP contribution in [0.25, 0.3) is 0 Å². The minimum atomic E-state index is -2.98. The topological polar surface area (TPSA) is 92.3 Å². The van der Waals surface area contributed by atoms with Crippen LogP contribution in [-0.2, 0) is 9.84 Å². The molecule has 2 aromatic rings. The average molecular weight is 381 g/mol. The van der Waals surface area contributed by atoms with Crippen LogP contribution >= 0.6 is 11.6 Å². The molecule has 1 fully saturated rings. The van der Waals surface area contributed by atoms with E-state index in [4.69, 9.17) is 11.6 Å². The summed E-state index contributed by atoms with van der Waals surface area (Å²) < 4.78 is 23.2. The lowest BCUT2D eigenvalue weighted by Gasteiger charge is -2.24. The van der Waals surface area contributed by atoms with E-state index in [1.165, 1.54) is 12.4 Å². The number of sulfone groups is 1. The third-order valence-electron chi connectivity index (χ3n) is 4.11. The molecule has 25 heavy (non-hydrogen) atoms. The van der Waals surface area contributed by atoms with Crippen molar-refractivity contribution in [3.05, 3.63) is 47.4 Å². The molecule has 0 bridgehead atoms. The van der Waals surface area contributed by atoms with E-state index >= 15 is 0 Å². The Hall–Kier alpha value is -2.19. The molecule has 1 aliphatic heterocycles. The van der Waals surface area contributed by atoms with E-state index in [1.807, 2.05) is 0 Å². The monoisotopic (exact) mass is 380 g/mol. The van der Waals surface area contributed by atoms with Crippen LogP contribution in [0.5, 0.6) is 0 Å². The van der Waals surface area contributed by atoms with Crippen molar-refractivity contribution in [2.45, 2.75) is 12.5 Å². The first-order valence-corrected chi connectivity index (χ1v) is 9.87. The highest BCUT2D eigenvalue weighted by Crippen LogP contribution is 2.22. The Labute approximate surface area is 151 Å². The van der Waals surface area contributed by atoms with Crippen molar-refractivity contribution in [3.8, 4) is 0 Å². The van der Waals surface area contributed by atoms with E-state index in [0.29, 0.717) is 22.9 Å². The summed E-state index contributed by atoms with van der Waals surface area (Å²) in [5, 5.41) is 3.11. The summed E-state index contributed by atoms with van der Waals surface area (Å²) in [7, 11) is -1.20. The number of hydrogen-bond donors (Lipinski definition) is 1. The highest BCUT2D eigenvalue weighted by molar-refractivity contribution is 7.91. The van der Waals surface area contributed by atoms with Gasteiger partial charge in [-0.05, 0) is 18.6 Å². The van der Waals surface area contributed by atoms with Gasteiger partial charge in [0.1, 0.15) is 11.5 Å². The molecule has 9 heteroatoms. The van der Waals surface area contributed by atoms with E-state index in [0.717, 1.165) is 0 Å². The van der Waals surface area contributed by atoms with Gasteiger partial charge in [0.2, 0.25) is 0 Å². The van der Waals surface area contributed by atoms with Crippen LogP contribution in [0.15, 0.2) is 36.7 Å². The first-order chi connectivity index (χ1) is 11.9. The molecule has 1 amide bonds. The summed E-state index contributed by atoms with van der Waals surface area (Å²) in [5.41, 5.74) is 0.643. The molecule has 1 aliphatic rings. The first kappa shape index (κ1) is 17.6. The lowest BCUT2D eigenvalue weighted by Crippen LogP contribution is -2.33. The van der Waals surface area contributed by atoms with E-state index < -0.39 is 15.7 Å². The van der Waals surface area contributed by atoms with Gasteiger partial charge in [0, 0.05) is 13.1 Å². The molecule has 132 valence electrons. The smallest absolute Gasteiger partial charge is 0.275 e. The van der Waals surface area contributed by atoms with Crippen molar-refractivity contribution in [1.82, 2.24) is 9.97 Å². The van der Waals surface area contributed by atoms with Gasteiger partial charge in [-0.2, -0.15) is 0 Å². The molecule has 0 saturated carbocycles. The molecule has 0 aliphatic carbocycles. The largest absolute Gasteiger partial charge is 0.354 e. The van der Waals surface area contributed by atoms with Crippen LogP contribution in [0.1, 0.15) is 16.9 Å². The molecular weight excluding hydrogens is 364 g/mol. The van der Waals surface area contributed by atoms with Crippen molar-refractivity contribution in [1.29, 1.82) is 0 Å². The second-order valence-corrected chi connectivity index (χ2v) is 8.50. The van der Waals surface area contributed by atoms with Crippen LogP contribution in [0.3, 0.4) is 0 Å². The van der Waals surface area contributed by atoms with Gasteiger partial charge in [0.25, 0.3) is 5.91 Å². The molecule has 3 rings (SSSR count). The maximum Gasteiger partial charge on any atom is 0.275 e. The van der Waals surface area contributed by atoms with Gasteiger partial charge in [-0.25, -0.2) is 18.4 Å². The molecular formula is C16H17ClN4O3S. The number of carbonyl (C=O) groups excluding carboxylic acids is 1. The Morgan fingerprint density at radius 3 is 2.64 bits per heavy atom. The predicted molar refractivity (Wildman–Crippen MR) is 96.9 cm³/mol. The van der Waals surface area contributed by atoms with Crippen LogP contribution < -0.4 is 10.2 Å². The number of nitrogens with one attached hydrogen (secondary N) is 1. The zero-order chi connectivity index (χ0) is 18.0. The van der Waals surface area contributed by atoms with Crippen LogP contribution in [-0.4, -0.2) is 48.9 Å². The number of carbonyl (C=O) groups is 1. The fourth-order valence-corrected chi connectivity index (χ4v) is 4.59. The van der Waals surface area contributed by atoms with Crippen molar-refractivity contribution >= 4 is 38.9 Å². The molecule has 1 N–H and O–H groups in total. The molecule has 0 radical (unpaired) electrons. The molecule has 1 saturated heterocycles. The lowest BCUT2D eigenvalue weighted by atomic mass is 10.2. The quantitative estimate of drug-likeness (QED) is 0.872. The third kappa shape index (κ3) is 4.08. The maximum atomic E-state index is 12.2. The number of hydrogen-bond acceptors (Lipinski definition) is 6. The number of rotatable bonds is 4. The van der Waals surface area contributed by atoms with Crippen LogP contribution in [0.2, 0.25) is 5.02 Å². The Morgan fingerprint density at radius 1 is 1.28 bits per heavy atom. The van der Waals surface area contributed by atoms with E-state index in [2.05, 4.69) is 15.3 Å². The minimum absolute atomic E-state index is 0.111. The fourth-order valence-electron chi connectivity index (χ4n) is 2.64. The molecule has 1 aromatic heterocycles. The second kappa shape index (κ2) is 6.97. The zero-order valence-corrected chi connectivity index (χ0v) is 15.1. The number of amides is 1. The maximum absolute atomic E-state index is 12.2. The Morgan fingerprint density at radius 2 is 2.04 bits per heavy atom. The van der Waals surface area contributed by atoms with Crippen LogP contribution in [0, 0.1) is 0 Å². The Kier molecular flexibility index (Phi) is 4.91. The lowest BCUT2D eigenvalue weighted by molar-refractivity contribution is 0.102. The summed E-state index contributed by atoms with van der Waals surface area (Å²) in [6.07, 6.45) is 3.39. The Balaban J connectivity index is 1.69. The average Bonchev–Trinajstić information content (AvgIpc) is 2.96. The van der Waals surface area contributed by atoms with Gasteiger partial charge < -0.3 is 10.2 Å². The summed E-state index contributed by atoms with van der Waals surface area (Å²) in [6, 6.07) is 6.78. The van der Waals surface area contributed by atoms with Crippen LogP contribution in [0.4, 0.5) is 11.5 Å². The standard InChI is InChI=1S/C16H17ClN4O3S/c1-21(11-6-7-25(23,24)10-11)15-9-18-14(8-19-15)16(22)20-13-5-3-2-4-12(13)17/h2-5,8-9,11H,6-7,10H2,1H3,(H,20,22). The van der Waals surface area contributed by atoms with E-state index in [9.17, 15) is 13.2 Å². The molecule has 1 unspecified atom stereocenters.